The molecule has 1 atom stereocenters. The zero-order chi connectivity index (χ0) is 20.7. The summed E-state index contributed by atoms with van der Waals surface area (Å²) in [5.41, 5.74) is 1.72. The van der Waals surface area contributed by atoms with Crippen molar-refractivity contribution in [1.82, 2.24) is 5.32 Å². The molecule has 6 nitrogen and oxygen atoms in total. The van der Waals surface area contributed by atoms with Gasteiger partial charge in [-0.3, -0.25) is 9.59 Å². The van der Waals surface area contributed by atoms with Crippen LogP contribution in [0.5, 0.6) is 11.5 Å². The van der Waals surface area contributed by atoms with E-state index in [1.54, 1.807) is 43.3 Å². The number of nitrogens with one attached hydrogen (secondary N) is 1. The third kappa shape index (κ3) is 3.15. The van der Waals surface area contributed by atoms with E-state index in [1.807, 2.05) is 0 Å². The second kappa shape index (κ2) is 7.29. The molecule has 4 rings (SSSR count). The maximum Gasteiger partial charge on any atom is 0.288 e. The van der Waals surface area contributed by atoms with Gasteiger partial charge in [-0.25, -0.2) is 0 Å². The molecule has 1 aromatic heterocycles. The van der Waals surface area contributed by atoms with Crippen molar-refractivity contribution in [2.24, 2.45) is 0 Å². The first-order valence-electron chi connectivity index (χ1n) is 8.94. The van der Waals surface area contributed by atoms with Gasteiger partial charge in [0, 0.05) is 5.02 Å². The number of benzene rings is 2. The van der Waals surface area contributed by atoms with E-state index >= 15 is 0 Å². The Morgan fingerprint density at radius 2 is 2.03 bits per heavy atom. The molecule has 0 saturated heterocycles. The van der Waals surface area contributed by atoms with Crippen LogP contribution in [0.1, 0.15) is 33.3 Å². The van der Waals surface area contributed by atoms with Crippen LogP contribution in [0, 0.1) is 6.92 Å². The quantitative estimate of drug-likeness (QED) is 0.638. The molecule has 29 heavy (non-hydrogen) atoms. The minimum atomic E-state index is -0.666. The zero-order valence-electron chi connectivity index (χ0n) is 15.9. The summed E-state index contributed by atoms with van der Waals surface area (Å²) in [6.45, 7) is 5.76. The summed E-state index contributed by atoms with van der Waals surface area (Å²) in [5, 5.41) is 3.61. The van der Waals surface area contributed by atoms with Gasteiger partial charge in [-0.1, -0.05) is 30.3 Å². The highest BCUT2D eigenvalue weighted by molar-refractivity contribution is 6.32. The molecule has 2 aromatic carbocycles. The van der Waals surface area contributed by atoms with Crippen LogP contribution in [0.25, 0.3) is 11.0 Å². The monoisotopic (exact) mass is 411 g/mol. The van der Waals surface area contributed by atoms with Gasteiger partial charge in [-0.05, 0) is 42.3 Å². The van der Waals surface area contributed by atoms with Crippen LogP contribution in [0.2, 0.25) is 5.02 Å². The minimum absolute atomic E-state index is 0.0140. The fraction of sp³-hybridized carbons (Fsp3) is 0.182. The Labute approximate surface area is 171 Å². The van der Waals surface area contributed by atoms with Crippen molar-refractivity contribution in [2.45, 2.75) is 13.0 Å². The standard InChI is InChI=1S/C22H18ClNO5/c1-4-7-28-15-6-5-12(9-17(15)27-3)19-18-20(25)13-10-14(23)11(2)8-16(13)29-21(18)22(26)24-19/h4-6,8-10,19H,1,7H2,2-3H3,(H,24,26). The lowest BCUT2D eigenvalue weighted by atomic mass is 9.98. The summed E-state index contributed by atoms with van der Waals surface area (Å²) in [7, 11) is 1.52. The van der Waals surface area contributed by atoms with Gasteiger partial charge >= 0.3 is 0 Å². The summed E-state index contributed by atoms with van der Waals surface area (Å²) in [6, 6.07) is 7.79. The number of rotatable bonds is 5. The minimum Gasteiger partial charge on any atom is -0.493 e. The van der Waals surface area contributed by atoms with E-state index in [1.165, 1.54) is 7.11 Å². The summed E-state index contributed by atoms with van der Waals surface area (Å²) >= 11 is 6.19. The topological polar surface area (TPSA) is 77.8 Å². The summed E-state index contributed by atoms with van der Waals surface area (Å²) in [5.74, 6) is 0.590. The number of halogens is 1. The SMILES string of the molecule is C=CCOc1ccc(C2NC(=O)c3oc4cc(C)c(Cl)cc4c(=O)c32)cc1OC. The highest BCUT2D eigenvalue weighted by atomic mass is 35.5. The number of fused-ring (bicyclic) bond motifs is 2. The normalized spacial score (nSPS) is 15.1. The van der Waals surface area contributed by atoms with Crippen LogP contribution in [-0.4, -0.2) is 19.6 Å². The van der Waals surface area contributed by atoms with Gasteiger partial charge in [0.05, 0.1) is 24.1 Å². The van der Waals surface area contributed by atoms with Crippen LogP contribution < -0.4 is 20.2 Å². The smallest absolute Gasteiger partial charge is 0.288 e. The summed E-state index contributed by atoms with van der Waals surface area (Å²) < 4.78 is 16.7. The number of ether oxygens (including phenoxy) is 2. The van der Waals surface area contributed by atoms with Crippen molar-refractivity contribution < 1.29 is 18.7 Å². The third-order valence-corrected chi connectivity index (χ3v) is 5.26. The fourth-order valence-corrected chi connectivity index (χ4v) is 3.58. The van der Waals surface area contributed by atoms with E-state index in [4.69, 9.17) is 25.5 Å². The molecule has 0 fully saturated rings. The van der Waals surface area contributed by atoms with Crippen molar-refractivity contribution in [3.8, 4) is 11.5 Å². The molecule has 1 unspecified atom stereocenters. The predicted octanol–water partition coefficient (Wildman–Crippen LogP) is 4.16. The van der Waals surface area contributed by atoms with Crippen molar-refractivity contribution in [3.63, 3.8) is 0 Å². The van der Waals surface area contributed by atoms with Crippen LogP contribution in [0.4, 0.5) is 0 Å². The zero-order valence-corrected chi connectivity index (χ0v) is 16.6. The van der Waals surface area contributed by atoms with Gasteiger partial charge in [0.1, 0.15) is 12.2 Å². The molecule has 0 bridgehead atoms. The first kappa shape index (κ1) is 19.1. The molecule has 0 radical (unpaired) electrons. The highest BCUT2D eigenvalue weighted by Crippen LogP contribution is 2.36. The molecule has 1 aliphatic rings. The number of hydrogen-bond acceptors (Lipinski definition) is 5. The largest absolute Gasteiger partial charge is 0.493 e. The molecule has 1 N–H and O–H groups in total. The van der Waals surface area contributed by atoms with Gasteiger partial charge < -0.3 is 19.2 Å². The molecule has 148 valence electrons. The molecule has 3 aromatic rings. The van der Waals surface area contributed by atoms with E-state index < -0.39 is 11.9 Å². The Hall–Kier alpha value is -3.25. The van der Waals surface area contributed by atoms with Gasteiger partial charge in [-0.2, -0.15) is 0 Å². The van der Waals surface area contributed by atoms with E-state index in [-0.39, 0.29) is 16.8 Å². The molecular formula is C22H18ClNO5. The number of aryl methyl sites for hydroxylation is 1. The second-order valence-electron chi connectivity index (χ2n) is 6.69. The number of amides is 1. The first-order valence-corrected chi connectivity index (χ1v) is 9.31. The number of carbonyl (C=O) groups is 1. The van der Waals surface area contributed by atoms with E-state index in [9.17, 15) is 9.59 Å². The Morgan fingerprint density at radius 3 is 2.76 bits per heavy atom. The van der Waals surface area contributed by atoms with Crippen molar-refractivity contribution in [1.29, 1.82) is 0 Å². The van der Waals surface area contributed by atoms with Gasteiger partial charge in [-0.15, -0.1) is 0 Å². The Kier molecular flexibility index (Phi) is 4.80. The molecule has 0 aliphatic carbocycles. The average Bonchev–Trinajstić information content (AvgIpc) is 3.04. The number of methoxy groups -OCH3 is 1. The molecular weight excluding hydrogens is 394 g/mol. The summed E-state index contributed by atoms with van der Waals surface area (Å²) in [4.78, 5) is 25.7. The van der Waals surface area contributed by atoms with Gasteiger partial charge in [0.15, 0.2) is 16.9 Å². The molecule has 0 saturated carbocycles. The van der Waals surface area contributed by atoms with Gasteiger partial charge in [0.2, 0.25) is 5.76 Å². The van der Waals surface area contributed by atoms with Crippen molar-refractivity contribution in [2.75, 3.05) is 13.7 Å². The maximum absolute atomic E-state index is 13.2. The second-order valence-corrected chi connectivity index (χ2v) is 7.10. The molecule has 1 amide bonds. The maximum atomic E-state index is 13.2. The van der Waals surface area contributed by atoms with Crippen LogP contribution in [0.15, 0.2) is 52.2 Å². The lowest BCUT2D eigenvalue weighted by molar-refractivity contribution is 0.0938. The van der Waals surface area contributed by atoms with Crippen LogP contribution >= 0.6 is 11.6 Å². The highest BCUT2D eigenvalue weighted by Gasteiger charge is 2.36. The molecule has 0 spiro atoms. The number of carbonyl (C=O) groups excluding carboxylic acids is 1. The Bertz CT molecular complexity index is 1210. The lowest BCUT2D eigenvalue weighted by Gasteiger charge is -2.15. The average molecular weight is 412 g/mol. The third-order valence-electron chi connectivity index (χ3n) is 4.85. The summed E-state index contributed by atoms with van der Waals surface area (Å²) in [6.07, 6.45) is 1.63. The Balaban J connectivity index is 1.86. The van der Waals surface area contributed by atoms with Crippen molar-refractivity contribution >= 4 is 28.5 Å². The predicted molar refractivity (Wildman–Crippen MR) is 110 cm³/mol. The Morgan fingerprint density at radius 1 is 1.24 bits per heavy atom. The number of hydrogen-bond donors (Lipinski definition) is 1. The lowest BCUT2D eigenvalue weighted by Crippen LogP contribution is -2.22. The van der Waals surface area contributed by atoms with Crippen LogP contribution in [-0.2, 0) is 0 Å². The van der Waals surface area contributed by atoms with Gasteiger partial charge in [0.25, 0.3) is 5.91 Å². The fourth-order valence-electron chi connectivity index (χ4n) is 3.41. The van der Waals surface area contributed by atoms with Crippen LogP contribution in [0.3, 0.4) is 0 Å². The molecule has 2 heterocycles. The first-order chi connectivity index (χ1) is 13.9. The molecule has 1 aliphatic heterocycles. The van der Waals surface area contributed by atoms with E-state index in [0.29, 0.717) is 39.7 Å². The molecule has 7 heteroatoms. The van der Waals surface area contributed by atoms with E-state index in [2.05, 4.69) is 11.9 Å². The van der Waals surface area contributed by atoms with Crippen molar-refractivity contribution in [3.05, 3.63) is 80.7 Å². The van der Waals surface area contributed by atoms with E-state index in [0.717, 1.165) is 5.56 Å².